The molecule has 0 radical (unpaired) electrons. The van der Waals surface area contributed by atoms with E-state index in [1.807, 2.05) is 79.7 Å². The number of rotatable bonds is 11. The van der Waals surface area contributed by atoms with Crippen LogP contribution in [-0.4, -0.2) is 39.8 Å². The van der Waals surface area contributed by atoms with E-state index in [-0.39, 0.29) is 11.7 Å². The van der Waals surface area contributed by atoms with Gasteiger partial charge in [-0.05, 0) is 67.5 Å². The number of benzene rings is 3. The summed E-state index contributed by atoms with van der Waals surface area (Å²) in [6.07, 6.45) is 3.38. The van der Waals surface area contributed by atoms with Crippen LogP contribution in [0.3, 0.4) is 0 Å². The average Bonchev–Trinajstić information content (AvgIpc) is 3.20. The highest BCUT2D eigenvalue weighted by atomic mass is 16.5. The Bertz CT molecular complexity index is 1830. The second-order valence-corrected chi connectivity index (χ2v) is 11.7. The van der Waals surface area contributed by atoms with Crippen molar-refractivity contribution < 1.29 is 19.0 Å². The molecule has 6 rings (SSSR count). The molecule has 1 aliphatic heterocycles. The molecule has 1 atom stereocenters. The van der Waals surface area contributed by atoms with Crippen LogP contribution in [0.15, 0.2) is 95.8 Å². The first kappa shape index (κ1) is 31.0. The maximum atomic E-state index is 13.8. The van der Waals surface area contributed by atoms with Crippen molar-refractivity contribution in [2.45, 2.75) is 45.8 Å². The minimum Gasteiger partial charge on any atom is -0.473 e. The van der Waals surface area contributed by atoms with Gasteiger partial charge in [0.05, 0.1) is 17.6 Å². The number of imidazole rings is 1. The van der Waals surface area contributed by atoms with Crippen molar-refractivity contribution in [3.8, 4) is 17.4 Å². The van der Waals surface area contributed by atoms with E-state index in [0.717, 1.165) is 60.2 Å². The minimum absolute atomic E-state index is 0.115. The van der Waals surface area contributed by atoms with Crippen molar-refractivity contribution in [2.24, 2.45) is 13.0 Å². The molecule has 2 aromatic heterocycles. The highest BCUT2D eigenvalue weighted by Crippen LogP contribution is 2.31. The van der Waals surface area contributed by atoms with Gasteiger partial charge in [0, 0.05) is 38.3 Å². The van der Waals surface area contributed by atoms with Crippen LogP contribution in [0.1, 0.15) is 43.7 Å². The van der Waals surface area contributed by atoms with Gasteiger partial charge in [0.1, 0.15) is 18.9 Å². The highest BCUT2D eigenvalue weighted by molar-refractivity contribution is 5.82. The van der Waals surface area contributed by atoms with Crippen LogP contribution in [0.2, 0.25) is 0 Å². The van der Waals surface area contributed by atoms with Crippen LogP contribution in [0.4, 0.5) is 5.69 Å². The lowest BCUT2D eigenvalue weighted by Crippen LogP contribution is -2.24. The third-order valence-electron chi connectivity index (χ3n) is 8.52. The molecule has 0 bridgehead atoms. The lowest BCUT2D eigenvalue weighted by atomic mass is 9.97. The number of carbonyl (C=O) groups is 1. The van der Waals surface area contributed by atoms with E-state index in [1.54, 1.807) is 22.2 Å². The second kappa shape index (κ2) is 14.4. The third-order valence-corrected chi connectivity index (χ3v) is 8.52. The van der Waals surface area contributed by atoms with E-state index < -0.39 is 0 Å². The Morgan fingerprint density at radius 1 is 0.848 bits per heavy atom. The normalized spacial score (nSPS) is 15.0. The number of anilines is 1. The van der Waals surface area contributed by atoms with Crippen molar-refractivity contribution in [3.63, 3.8) is 0 Å². The lowest BCUT2D eigenvalue weighted by molar-refractivity contribution is -0.144. The molecule has 3 aromatic carbocycles. The Kier molecular flexibility index (Phi) is 9.67. The molecule has 1 fully saturated rings. The maximum absolute atomic E-state index is 13.8. The molecule has 0 aliphatic carbocycles. The molecule has 0 amide bonds. The first-order valence-electron chi connectivity index (χ1n) is 16.0. The quantitative estimate of drug-likeness (QED) is 0.157. The average molecular weight is 621 g/mol. The molecule has 238 valence electrons. The number of aryl methyl sites for hydroxylation is 1. The molecule has 3 heterocycles. The summed E-state index contributed by atoms with van der Waals surface area (Å²) in [7, 11) is 1.79. The van der Waals surface area contributed by atoms with E-state index in [4.69, 9.17) is 19.2 Å². The summed E-state index contributed by atoms with van der Waals surface area (Å²) in [6, 6.07) is 29.5. The number of pyridine rings is 1. The summed E-state index contributed by atoms with van der Waals surface area (Å²) in [6.45, 7) is 4.65. The molecule has 0 spiro atoms. The number of aromatic nitrogens is 3. The highest BCUT2D eigenvalue weighted by Gasteiger charge is 2.23. The SMILES string of the molecule is CCOC(=O)CC1CCCN(c2ccc3c(c2)n(C)c(=O)n3-c2ccc(OCc3ccccc3)nc2OCc2ccccc2)CC1. The van der Waals surface area contributed by atoms with Gasteiger partial charge in [-0.2, -0.15) is 4.98 Å². The molecule has 46 heavy (non-hydrogen) atoms. The predicted molar refractivity (Wildman–Crippen MR) is 179 cm³/mol. The van der Waals surface area contributed by atoms with Crippen LogP contribution in [-0.2, 0) is 29.8 Å². The van der Waals surface area contributed by atoms with Gasteiger partial charge in [-0.15, -0.1) is 0 Å². The fourth-order valence-electron chi connectivity index (χ4n) is 6.07. The summed E-state index contributed by atoms with van der Waals surface area (Å²) in [5.41, 5.74) is 5.00. The number of hydrogen-bond donors (Lipinski definition) is 0. The monoisotopic (exact) mass is 620 g/mol. The maximum Gasteiger partial charge on any atom is 0.333 e. The molecule has 0 N–H and O–H groups in total. The predicted octanol–water partition coefficient (Wildman–Crippen LogP) is 6.44. The summed E-state index contributed by atoms with van der Waals surface area (Å²) in [5, 5.41) is 0. The lowest BCUT2D eigenvalue weighted by Gasteiger charge is -2.23. The van der Waals surface area contributed by atoms with Gasteiger partial charge in [0.25, 0.3) is 0 Å². The molecule has 1 unspecified atom stereocenters. The number of fused-ring (bicyclic) bond motifs is 1. The number of carbonyl (C=O) groups excluding carboxylic acids is 1. The largest absolute Gasteiger partial charge is 0.473 e. The zero-order valence-corrected chi connectivity index (χ0v) is 26.4. The Labute approximate surface area is 269 Å². The van der Waals surface area contributed by atoms with E-state index in [2.05, 4.69) is 17.0 Å². The van der Waals surface area contributed by atoms with Crippen molar-refractivity contribution in [3.05, 3.63) is 113 Å². The third kappa shape index (κ3) is 7.09. The van der Waals surface area contributed by atoms with Gasteiger partial charge < -0.3 is 19.1 Å². The zero-order valence-electron chi connectivity index (χ0n) is 26.4. The van der Waals surface area contributed by atoms with E-state index >= 15 is 0 Å². The van der Waals surface area contributed by atoms with Crippen molar-refractivity contribution in [1.82, 2.24) is 14.1 Å². The number of hydrogen-bond acceptors (Lipinski definition) is 7. The fourth-order valence-corrected chi connectivity index (χ4v) is 6.07. The van der Waals surface area contributed by atoms with Crippen molar-refractivity contribution >= 4 is 22.7 Å². The topological polar surface area (TPSA) is 87.8 Å². The number of ether oxygens (including phenoxy) is 3. The van der Waals surface area contributed by atoms with Gasteiger partial charge in [-0.25, -0.2) is 4.79 Å². The van der Waals surface area contributed by atoms with Gasteiger partial charge >= 0.3 is 11.7 Å². The molecule has 0 saturated carbocycles. The number of nitrogens with zero attached hydrogens (tertiary/aromatic N) is 4. The fraction of sp³-hybridized carbons (Fsp3) is 0.324. The summed E-state index contributed by atoms with van der Waals surface area (Å²) in [4.78, 5) is 32.9. The molecule has 9 nitrogen and oxygen atoms in total. The van der Waals surface area contributed by atoms with Crippen LogP contribution < -0.4 is 20.1 Å². The Balaban J connectivity index is 1.29. The van der Waals surface area contributed by atoms with Gasteiger partial charge in [0.15, 0.2) is 0 Å². The van der Waals surface area contributed by atoms with Crippen LogP contribution in [0.25, 0.3) is 16.7 Å². The van der Waals surface area contributed by atoms with Gasteiger partial charge in [-0.1, -0.05) is 60.7 Å². The van der Waals surface area contributed by atoms with E-state index in [0.29, 0.717) is 49.6 Å². The number of esters is 1. The van der Waals surface area contributed by atoms with Crippen LogP contribution in [0, 0.1) is 5.92 Å². The molecule has 1 aliphatic rings. The Hall–Kier alpha value is -5.05. The standard InChI is InChI=1S/C37H40N4O5/c1-3-44-35(42)23-27-15-10-21-40(22-20-27)30-16-17-31-33(24-30)39(2)37(43)41(31)32-18-19-34(45-25-28-11-6-4-7-12-28)38-36(32)46-26-29-13-8-5-9-14-29/h4-9,11-14,16-19,24,27H,3,10,15,20-23,25-26H2,1-2H3. The Morgan fingerprint density at radius 2 is 1.57 bits per heavy atom. The minimum atomic E-state index is -0.193. The smallest absolute Gasteiger partial charge is 0.333 e. The van der Waals surface area contributed by atoms with E-state index in [9.17, 15) is 9.59 Å². The first-order valence-corrected chi connectivity index (χ1v) is 16.0. The first-order chi connectivity index (χ1) is 22.5. The van der Waals surface area contributed by atoms with Gasteiger partial charge in [-0.3, -0.25) is 13.9 Å². The van der Waals surface area contributed by atoms with Crippen LogP contribution in [0.5, 0.6) is 11.8 Å². The Morgan fingerprint density at radius 3 is 2.28 bits per heavy atom. The molecule has 1 saturated heterocycles. The second-order valence-electron chi connectivity index (χ2n) is 11.7. The molecular formula is C37H40N4O5. The molecule has 5 aromatic rings. The zero-order chi connectivity index (χ0) is 31.9. The summed E-state index contributed by atoms with van der Waals surface area (Å²) in [5.74, 6) is 0.928. The van der Waals surface area contributed by atoms with Crippen molar-refractivity contribution in [2.75, 3.05) is 24.6 Å². The van der Waals surface area contributed by atoms with Crippen molar-refractivity contribution in [1.29, 1.82) is 0 Å². The summed E-state index contributed by atoms with van der Waals surface area (Å²) < 4.78 is 20.8. The molecular weight excluding hydrogens is 580 g/mol. The molecule has 9 heteroatoms. The van der Waals surface area contributed by atoms with Gasteiger partial charge in [0.2, 0.25) is 11.8 Å². The van der Waals surface area contributed by atoms with E-state index in [1.165, 1.54) is 0 Å². The van der Waals surface area contributed by atoms with Crippen LogP contribution >= 0.6 is 0 Å². The summed E-state index contributed by atoms with van der Waals surface area (Å²) >= 11 is 0.